The van der Waals surface area contributed by atoms with Crippen LogP contribution in [-0.4, -0.2) is 56.2 Å². The summed E-state index contributed by atoms with van der Waals surface area (Å²) in [6.45, 7) is 9.27. The summed E-state index contributed by atoms with van der Waals surface area (Å²) in [5, 5.41) is 7.76. The highest BCUT2D eigenvalue weighted by molar-refractivity contribution is 7.89. The minimum atomic E-state index is -3.55. The molecule has 0 unspecified atom stereocenters. The summed E-state index contributed by atoms with van der Waals surface area (Å²) in [5.41, 5.74) is 3.86. The number of nitrogens with one attached hydrogen (secondary N) is 2. The van der Waals surface area contributed by atoms with Crippen LogP contribution in [0.1, 0.15) is 42.1 Å². The van der Waals surface area contributed by atoms with E-state index in [1.807, 2.05) is 48.9 Å². The molecule has 0 radical (unpaired) electrons. The topological polar surface area (TPSA) is 91.6 Å². The van der Waals surface area contributed by atoms with Crippen LogP contribution in [0, 0.1) is 13.8 Å². The lowest BCUT2D eigenvalue weighted by Crippen LogP contribution is -2.42. The van der Waals surface area contributed by atoms with Crippen molar-refractivity contribution in [2.75, 3.05) is 27.2 Å². The minimum absolute atomic E-state index is 0.257. The first-order valence-electron chi connectivity index (χ1n) is 10.1. The first-order valence-corrected chi connectivity index (χ1v) is 11.5. The third-order valence-corrected chi connectivity index (χ3v) is 6.40. The smallest absolute Gasteiger partial charge is 0.240 e. The Balaban J connectivity index is 1.94. The molecule has 1 aromatic heterocycles. The van der Waals surface area contributed by atoms with Crippen LogP contribution in [0.15, 0.2) is 34.3 Å². The van der Waals surface area contributed by atoms with Gasteiger partial charge in [0, 0.05) is 52.5 Å². The first kappa shape index (κ1) is 23.9. The molecule has 1 heterocycles. The van der Waals surface area contributed by atoms with E-state index >= 15 is 0 Å². The molecule has 2 rings (SSSR count). The molecule has 0 aliphatic carbocycles. The van der Waals surface area contributed by atoms with Crippen LogP contribution in [0.4, 0.5) is 0 Å². The van der Waals surface area contributed by atoms with Gasteiger partial charge in [-0.05, 0) is 37.0 Å². The van der Waals surface area contributed by atoms with Crippen molar-refractivity contribution in [2.24, 2.45) is 12.0 Å². The summed E-state index contributed by atoms with van der Waals surface area (Å²) >= 11 is 0. The maximum Gasteiger partial charge on any atom is 0.240 e. The fourth-order valence-electron chi connectivity index (χ4n) is 3.31. The van der Waals surface area contributed by atoms with Gasteiger partial charge in [-0.3, -0.25) is 9.67 Å². The van der Waals surface area contributed by atoms with Crippen molar-refractivity contribution >= 4 is 16.0 Å². The predicted octanol–water partition coefficient (Wildman–Crippen LogP) is 2.15. The first-order chi connectivity index (χ1) is 14.0. The summed E-state index contributed by atoms with van der Waals surface area (Å²) in [6.07, 6.45) is 2.03. The molecule has 0 aliphatic heterocycles. The van der Waals surface area contributed by atoms with Crippen LogP contribution < -0.4 is 10.0 Å². The van der Waals surface area contributed by atoms with Crippen molar-refractivity contribution in [3.63, 3.8) is 0 Å². The lowest BCUT2D eigenvalue weighted by molar-refractivity contribution is 0.473. The van der Waals surface area contributed by atoms with Crippen LogP contribution in [0.2, 0.25) is 0 Å². The maximum atomic E-state index is 12.6. The van der Waals surface area contributed by atoms with E-state index in [9.17, 15) is 8.42 Å². The van der Waals surface area contributed by atoms with Gasteiger partial charge in [0.1, 0.15) is 0 Å². The molecule has 2 aromatic rings. The third-order valence-electron chi connectivity index (χ3n) is 4.80. The number of benzene rings is 1. The van der Waals surface area contributed by atoms with Gasteiger partial charge in [-0.2, -0.15) is 5.10 Å². The van der Waals surface area contributed by atoms with Gasteiger partial charge in [0.25, 0.3) is 0 Å². The Bertz CT molecular complexity index is 995. The molecule has 30 heavy (non-hydrogen) atoms. The van der Waals surface area contributed by atoms with Gasteiger partial charge in [0.2, 0.25) is 10.0 Å². The van der Waals surface area contributed by atoms with E-state index in [0.717, 1.165) is 22.4 Å². The molecule has 0 aliphatic rings. The van der Waals surface area contributed by atoms with Crippen molar-refractivity contribution in [2.45, 2.75) is 45.1 Å². The molecule has 1 aromatic carbocycles. The summed E-state index contributed by atoms with van der Waals surface area (Å²) < 4.78 is 29.7. The van der Waals surface area contributed by atoms with Gasteiger partial charge in [0.15, 0.2) is 5.96 Å². The molecule has 166 valence electrons. The van der Waals surface area contributed by atoms with Gasteiger partial charge >= 0.3 is 0 Å². The fraction of sp³-hybridized carbons (Fsp3) is 0.524. The van der Waals surface area contributed by atoms with Gasteiger partial charge in [0.05, 0.1) is 10.6 Å². The van der Waals surface area contributed by atoms with E-state index in [0.29, 0.717) is 29.9 Å². The highest BCUT2D eigenvalue weighted by atomic mass is 32.2. The lowest BCUT2D eigenvalue weighted by atomic mass is 10.1. The normalized spacial score (nSPS) is 12.5. The number of aliphatic imine (C=N–C) groups is 1. The van der Waals surface area contributed by atoms with Gasteiger partial charge < -0.3 is 10.2 Å². The molecule has 0 spiro atoms. The lowest BCUT2D eigenvalue weighted by Gasteiger charge is -2.22. The molecule has 9 heteroatoms. The molecule has 8 nitrogen and oxygen atoms in total. The zero-order chi connectivity index (χ0) is 22.5. The molecule has 0 amide bonds. The Kier molecular flexibility index (Phi) is 8.03. The number of aryl methyl sites for hydroxylation is 3. The van der Waals surface area contributed by atoms with Crippen molar-refractivity contribution in [1.29, 1.82) is 0 Å². The largest absolute Gasteiger partial charge is 0.355 e. The number of guanidine groups is 1. The molecule has 0 atom stereocenters. The van der Waals surface area contributed by atoms with E-state index in [-0.39, 0.29) is 6.54 Å². The van der Waals surface area contributed by atoms with Gasteiger partial charge in [-0.1, -0.05) is 26.0 Å². The quantitative estimate of drug-likeness (QED) is 0.377. The van der Waals surface area contributed by atoms with Crippen molar-refractivity contribution < 1.29 is 8.42 Å². The second-order valence-electron chi connectivity index (χ2n) is 7.86. The molecular formula is C21H34N6O2S. The second kappa shape index (κ2) is 10.1. The molecular weight excluding hydrogens is 400 g/mol. The highest BCUT2D eigenvalue weighted by Gasteiger charge is 2.17. The molecule has 0 bridgehead atoms. The van der Waals surface area contributed by atoms with Crippen molar-refractivity contribution in [1.82, 2.24) is 24.7 Å². The summed E-state index contributed by atoms with van der Waals surface area (Å²) in [7, 11) is 2.03. The number of nitrogens with zero attached hydrogens (tertiary/aromatic N) is 4. The van der Waals surface area contributed by atoms with E-state index in [1.54, 1.807) is 20.0 Å². The monoisotopic (exact) mass is 434 g/mol. The molecule has 0 saturated carbocycles. The Hall–Kier alpha value is -2.39. The minimum Gasteiger partial charge on any atom is -0.355 e. The van der Waals surface area contributed by atoms with E-state index in [4.69, 9.17) is 0 Å². The number of hydrogen-bond acceptors (Lipinski definition) is 4. The standard InChI is InChI=1S/C21H34N6O2S/c1-15(2)20-18(14-27(7)25-20)13-26(6)21(22-5)23-10-11-24-30(28,29)19-12-16(3)8-9-17(19)4/h8-9,12,14-15,24H,10-11,13H2,1-7H3,(H,22,23). The van der Waals surface area contributed by atoms with Crippen molar-refractivity contribution in [3.05, 3.63) is 46.8 Å². The van der Waals surface area contributed by atoms with Gasteiger partial charge in [-0.15, -0.1) is 0 Å². The summed E-state index contributed by atoms with van der Waals surface area (Å²) in [5.74, 6) is 1.03. The number of rotatable bonds is 8. The molecule has 0 saturated heterocycles. The number of sulfonamides is 1. The predicted molar refractivity (Wildman–Crippen MR) is 121 cm³/mol. The number of hydrogen-bond donors (Lipinski definition) is 2. The zero-order valence-electron chi connectivity index (χ0n) is 19.0. The van der Waals surface area contributed by atoms with E-state index < -0.39 is 10.0 Å². The third kappa shape index (κ3) is 6.06. The fourth-order valence-corrected chi connectivity index (χ4v) is 4.67. The van der Waals surface area contributed by atoms with E-state index in [2.05, 4.69) is 34.0 Å². The Morgan fingerprint density at radius 1 is 1.27 bits per heavy atom. The van der Waals surface area contributed by atoms with Crippen LogP contribution in [-0.2, 0) is 23.6 Å². The SMILES string of the molecule is CN=C(NCCNS(=O)(=O)c1cc(C)ccc1C)N(C)Cc1cn(C)nc1C(C)C. The van der Waals surface area contributed by atoms with Crippen LogP contribution in [0.5, 0.6) is 0 Å². The molecule has 2 N–H and O–H groups in total. The summed E-state index contributed by atoms with van der Waals surface area (Å²) in [4.78, 5) is 6.63. The molecule has 0 fully saturated rings. The Morgan fingerprint density at radius 3 is 2.60 bits per heavy atom. The van der Waals surface area contributed by atoms with Crippen LogP contribution in [0.25, 0.3) is 0 Å². The average Bonchev–Trinajstić information content (AvgIpc) is 3.04. The van der Waals surface area contributed by atoms with Gasteiger partial charge in [-0.25, -0.2) is 13.1 Å². The maximum absolute atomic E-state index is 12.6. The van der Waals surface area contributed by atoms with Crippen molar-refractivity contribution in [3.8, 4) is 0 Å². The second-order valence-corrected chi connectivity index (χ2v) is 9.60. The Morgan fingerprint density at radius 2 is 1.97 bits per heavy atom. The highest BCUT2D eigenvalue weighted by Crippen LogP contribution is 2.19. The average molecular weight is 435 g/mol. The Labute approximate surface area is 180 Å². The zero-order valence-corrected chi connectivity index (χ0v) is 19.8. The summed E-state index contributed by atoms with van der Waals surface area (Å²) in [6, 6.07) is 5.42. The van der Waals surface area contributed by atoms with Crippen LogP contribution in [0.3, 0.4) is 0 Å². The van der Waals surface area contributed by atoms with Crippen LogP contribution >= 0.6 is 0 Å². The number of aromatic nitrogens is 2. The van der Waals surface area contributed by atoms with E-state index in [1.165, 1.54) is 0 Å².